The molecule has 18 heavy (non-hydrogen) atoms. The molecule has 1 saturated heterocycles. The maximum absolute atomic E-state index is 12.2. The molecule has 0 spiro atoms. The Morgan fingerprint density at radius 1 is 1.44 bits per heavy atom. The fourth-order valence-electron chi connectivity index (χ4n) is 1.94. The van der Waals surface area contributed by atoms with Crippen LogP contribution < -0.4 is 11.3 Å². The lowest BCUT2D eigenvalue weighted by molar-refractivity contribution is 0.0358. The fourth-order valence-corrected chi connectivity index (χ4v) is 1.94. The Kier molecular flexibility index (Phi) is 4.06. The molecule has 0 atom stereocenters. The van der Waals surface area contributed by atoms with Crippen LogP contribution in [0.2, 0.25) is 0 Å². The SMILES string of the molecule is CN(C(=O)c1ccc(NN)nn1)C1CCOCC1. The molecule has 1 aromatic rings. The molecular weight excluding hydrogens is 234 g/mol. The van der Waals surface area contributed by atoms with Crippen molar-refractivity contribution in [3.63, 3.8) is 0 Å². The molecular formula is C11H17N5O2. The first-order valence-corrected chi connectivity index (χ1v) is 5.87. The van der Waals surface area contributed by atoms with Crippen molar-refractivity contribution < 1.29 is 9.53 Å². The van der Waals surface area contributed by atoms with Crippen molar-refractivity contribution in [1.82, 2.24) is 15.1 Å². The molecule has 1 aromatic heterocycles. The molecule has 0 aliphatic carbocycles. The highest BCUT2D eigenvalue weighted by Crippen LogP contribution is 2.15. The highest BCUT2D eigenvalue weighted by Gasteiger charge is 2.24. The molecule has 2 rings (SSSR count). The second-order valence-corrected chi connectivity index (χ2v) is 4.21. The number of nitrogens with two attached hydrogens (primary N) is 1. The van der Waals surface area contributed by atoms with Gasteiger partial charge in [-0.05, 0) is 25.0 Å². The summed E-state index contributed by atoms with van der Waals surface area (Å²) in [7, 11) is 1.79. The summed E-state index contributed by atoms with van der Waals surface area (Å²) in [6.07, 6.45) is 1.72. The summed E-state index contributed by atoms with van der Waals surface area (Å²) in [6, 6.07) is 3.44. The molecule has 0 saturated carbocycles. The lowest BCUT2D eigenvalue weighted by Crippen LogP contribution is -2.41. The number of hydrogen-bond acceptors (Lipinski definition) is 6. The smallest absolute Gasteiger partial charge is 0.274 e. The summed E-state index contributed by atoms with van der Waals surface area (Å²) in [5, 5.41) is 7.64. The van der Waals surface area contributed by atoms with Crippen molar-refractivity contribution in [1.29, 1.82) is 0 Å². The van der Waals surface area contributed by atoms with Gasteiger partial charge in [0.15, 0.2) is 11.5 Å². The maximum Gasteiger partial charge on any atom is 0.274 e. The van der Waals surface area contributed by atoms with Crippen LogP contribution in [0.1, 0.15) is 23.3 Å². The third-order valence-electron chi connectivity index (χ3n) is 3.09. The predicted octanol–water partition coefficient (Wildman–Crippen LogP) is 0.0132. The Balaban J connectivity index is 2.04. The van der Waals surface area contributed by atoms with Gasteiger partial charge in [0.05, 0.1) is 0 Å². The zero-order valence-corrected chi connectivity index (χ0v) is 10.3. The number of amides is 1. The van der Waals surface area contributed by atoms with E-state index in [1.54, 1.807) is 24.1 Å². The van der Waals surface area contributed by atoms with Crippen molar-refractivity contribution in [2.75, 3.05) is 25.7 Å². The molecule has 0 unspecified atom stereocenters. The van der Waals surface area contributed by atoms with Gasteiger partial charge in [0.2, 0.25) is 0 Å². The van der Waals surface area contributed by atoms with Crippen molar-refractivity contribution in [3.8, 4) is 0 Å². The van der Waals surface area contributed by atoms with Crippen molar-refractivity contribution in [2.45, 2.75) is 18.9 Å². The van der Waals surface area contributed by atoms with Gasteiger partial charge in [-0.25, -0.2) is 5.84 Å². The van der Waals surface area contributed by atoms with E-state index in [-0.39, 0.29) is 11.9 Å². The van der Waals surface area contributed by atoms with E-state index in [9.17, 15) is 4.79 Å². The van der Waals surface area contributed by atoms with Crippen LogP contribution in [0, 0.1) is 0 Å². The quantitative estimate of drug-likeness (QED) is 0.581. The zero-order chi connectivity index (χ0) is 13.0. The van der Waals surface area contributed by atoms with Crippen LogP contribution >= 0.6 is 0 Å². The lowest BCUT2D eigenvalue weighted by Gasteiger charge is -2.30. The van der Waals surface area contributed by atoms with Gasteiger partial charge in [-0.1, -0.05) is 0 Å². The van der Waals surface area contributed by atoms with Gasteiger partial charge >= 0.3 is 0 Å². The van der Waals surface area contributed by atoms with Gasteiger partial charge in [0.25, 0.3) is 5.91 Å². The van der Waals surface area contributed by atoms with Crippen LogP contribution in [0.3, 0.4) is 0 Å². The molecule has 1 aliphatic heterocycles. The normalized spacial score (nSPS) is 16.3. The van der Waals surface area contributed by atoms with Crippen molar-refractivity contribution >= 4 is 11.7 Å². The number of nitrogen functional groups attached to an aromatic ring is 1. The van der Waals surface area contributed by atoms with E-state index in [0.717, 1.165) is 12.8 Å². The molecule has 1 aliphatic rings. The van der Waals surface area contributed by atoms with E-state index in [0.29, 0.717) is 24.7 Å². The Morgan fingerprint density at radius 2 is 2.17 bits per heavy atom. The van der Waals surface area contributed by atoms with E-state index < -0.39 is 0 Å². The molecule has 98 valence electrons. The second-order valence-electron chi connectivity index (χ2n) is 4.21. The average molecular weight is 251 g/mol. The van der Waals surface area contributed by atoms with E-state index in [1.165, 1.54) is 0 Å². The minimum atomic E-state index is -0.127. The number of rotatable bonds is 3. The molecule has 1 fully saturated rings. The first-order valence-electron chi connectivity index (χ1n) is 5.87. The number of carbonyl (C=O) groups is 1. The van der Waals surface area contributed by atoms with Crippen molar-refractivity contribution in [3.05, 3.63) is 17.8 Å². The summed E-state index contributed by atoms with van der Waals surface area (Å²) in [4.78, 5) is 13.9. The van der Waals surface area contributed by atoms with Gasteiger partial charge in [-0.15, -0.1) is 10.2 Å². The van der Waals surface area contributed by atoms with Gasteiger partial charge in [0, 0.05) is 26.3 Å². The van der Waals surface area contributed by atoms with Crippen LogP contribution in [-0.2, 0) is 4.74 Å². The summed E-state index contributed by atoms with van der Waals surface area (Å²) in [5.41, 5.74) is 2.69. The predicted molar refractivity (Wildman–Crippen MR) is 65.8 cm³/mol. The number of nitrogens with zero attached hydrogens (tertiary/aromatic N) is 3. The fraction of sp³-hybridized carbons (Fsp3) is 0.545. The number of nitrogens with one attached hydrogen (secondary N) is 1. The summed E-state index contributed by atoms with van der Waals surface area (Å²) < 4.78 is 5.28. The number of ether oxygens (including phenoxy) is 1. The summed E-state index contributed by atoms with van der Waals surface area (Å²) >= 11 is 0. The van der Waals surface area contributed by atoms with Gasteiger partial charge in [0.1, 0.15) is 0 Å². The first kappa shape index (κ1) is 12.7. The number of anilines is 1. The van der Waals surface area contributed by atoms with Crippen LogP contribution in [0.25, 0.3) is 0 Å². The Labute approximate surface area is 105 Å². The third kappa shape index (κ3) is 2.74. The topological polar surface area (TPSA) is 93.4 Å². The highest BCUT2D eigenvalue weighted by atomic mass is 16.5. The Morgan fingerprint density at radius 3 is 2.72 bits per heavy atom. The lowest BCUT2D eigenvalue weighted by atomic mass is 10.1. The Bertz CT molecular complexity index is 402. The highest BCUT2D eigenvalue weighted by molar-refractivity contribution is 5.92. The zero-order valence-electron chi connectivity index (χ0n) is 10.3. The molecule has 3 N–H and O–H groups in total. The molecule has 1 amide bonds. The van der Waals surface area contributed by atoms with Crippen LogP contribution in [-0.4, -0.2) is 47.3 Å². The number of hydrogen-bond donors (Lipinski definition) is 2. The standard InChI is InChI=1S/C11H17N5O2/c1-16(8-4-6-18-7-5-8)11(17)9-2-3-10(13-12)15-14-9/h2-3,8H,4-7,12H2,1H3,(H,13,15). The van der Waals surface area contributed by atoms with Gasteiger partial charge in [-0.2, -0.15) is 0 Å². The van der Waals surface area contributed by atoms with E-state index in [4.69, 9.17) is 10.6 Å². The summed E-state index contributed by atoms with van der Waals surface area (Å²) in [6.45, 7) is 1.40. The minimum Gasteiger partial charge on any atom is -0.381 e. The largest absolute Gasteiger partial charge is 0.381 e. The van der Waals surface area contributed by atoms with Crippen molar-refractivity contribution in [2.24, 2.45) is 5.84 Å². The third-order valence-corrected chi connectivity index (χ3v) is 3.09. The minimum absolute atomic E-state index is 0.127. The molecule has 0 radical (unpaired) electrons. The number of aromatic nitrogens is 2. The van der Waals surface area contributed by atoms with Crippen LogP contribution in [0.4, 0.5) is 5.82 Å². The first-order chi connectivity index (χ1) is 8.72. The van der Waals surface area contributed by atoms with E-state index >= 15 is 0 Å². The molecule has 7 heteroatoms. The molecule has 0 bridgehead atoms. The maximum atomic E-state index is 12.2. The van der Waals surface area contributed by atoms with Crippen LogP contribution in [0.5, 0.6) is 0 Å². The van der Waals surface area contributed by atoms with Gasteiger partial charge < -0.3 is 15.1 Å². The van der Waals surface area contributed by atoms with Gasteiger partial charge in [-0.3, -0.25) is 4.79 Å². The second kappa shape index (κ2) is 5.74. The number of carbonyl (C=O) groups excluding carboxylic acids is 1. The van der Waals surface area contributed by atoms with E-state index in [2.05, 4.69) is 15.6 Å². The molecule has 2 heterocycles. The summed E-state index contributed by atoms with van der Waals surface area (Å²) in [5.74, 6) is 5.49. The average Bonchev–Trinajstić information content (AvgIpc) is 2.47. The van der Waals surface area contributed by atoms with E-state index in [1.807, 2.05) is 0 Å². The Hall–Kier alpha value is -1.73. The molecule has 7 nitrogen and oxygen atoms in total. The monoisotopic (exact) mass is 251 g/mol. The molecule has 0 aromatic carbocycles. The number of hydrazine groups is 1. The van der Waals surface area contributed by atoms with Crippen LogP contribution in [0.15, 0.2) is 12.1 Å².